The molecule has 2 aromatic carbocycles. The minimum atomic E-state index is -0.388. The largest absolute Gasteiger partial charge is 0.343 e. The number of nitrogens with one attached hydrogen (secondary N) is 1. The first-order chi connectivity index (χ1) is 14.2. The molecule has 0 aliphatic carbocycles. The minimum absolute atomic E-state index is 0.0137. The van der Waals surface area contributed by atoms with E-state index < -0.39 is 0 Å². The van der Waals surface area contributed by atoms with Crippen LogP contribution in [0.4, 0.5) is 0 Å². The van der Waals surface area contributed by atoms with Gasteiger partial charge in [0, 0.05) is 44.1 Å². The predicted molar refractivity (Wildman–Crippen MR) is 117 cm³/mol. The number of hydrogen-bond acceptors (Lipinski definition) is 4. The molecule has 2 fully saturated rings. The third kappa shape index (κ3) is 4.82. The number of piperazine rings is 1. The Balaban J connectivity index is 1.45. The number of hydrogen-bond donors (Lipinski definition) is 1. The summed E-state index contributed by atoms with van der Waals surface area (Å²) < 4.78 is 0. The highest BCUT2D eigenvalue weighted by Gasteiger charge is 2.32. The minimum Gasteiger partial charge on any atom is -0.343 e. The topological polar surface area (TPSA) is 52.7 Å². The molecular formula is C23H27N3O2S. The number of thioether (sulfide) groups is 1. The maximum Gasteiger partial charge on any atom is 0.246 e. The Bertz CT molecular complexity index is 783. The molecule has 152 valence electrons. The Morgan fingerprint density at radius 3 is 2.10 bits per heavy atom. The fourth-order valence-electron chi connectivity index (χ4n) is 4.11. The van der Waals surface area contributed by atoms with Crippen molar-refractivity contribution in [2.45, 2.75) is 18.5 Å². The van der Waals surface area contributed by atoms with Gasteiger partial charge in [0.05, 0.1) is 6.04 Å². The number of benzene rings is 2. The summed E-state index contributed by atoms with van der Waals surface area (Å²) in [7, 11) is 0. The maximum absolute atomic E-state index is 12.9. The van der Waals surface area contributed by atoms with E-state index in [0.717, 1.165) is 18.8 Å². The molecule has 0 spiro atoms. The van der Waals surface area contributed by atoms with Crippen molar-refractivity contribution in [2.75, 3.05) is 37.7 Å². The lowest BCUT2D eigenvalue weighted by Gasteiger charge is -2.40. The molecule has 2 aliphatic rings. The second-order valence-corrected chi connectivity index (χ2v) is 8.68. The van der Waals surface area contributed by atoms with Crippen LogP contribution >= 0.6 is 11.8 Å². The summed E-state index contributed by atoms with van der Waals surface area (Å²) in [6.45, 7) is 3.00. The first kappa shape index (κ1) is 20.0. The van der Waals surface area contributed by atoms with E-state index in [2.05, 4.69) is 58.7 Å². The summed E-state index contributed by atoms with van der Waals surface area (Å²) in [6.07, 6.45) is 0.498. The average molecular weight is 410 g/mol. The van der Waals surface area contributed by atoms with Crippen molar-refractivity contribution in [1.82, 2.24) is 15.1 Å². The van der Waals surface area contributed by atoms with E-state index in [1.54, 1.807) is 11.8 Å². The Labute approximate surface area is 176 Å². The summed E-state index contributed by atoms with van der Waals surface area (Å²) >= 11 is 1.68. The van der Waals surface area contributed by atoms with Gasteiger partial charge in [-0.3, -0.25) is 14.5 Å². The summed E-state index contributed by atoms with van der Waals surface area (Å²) in [4.78, 5) is 29.2. The fourth-order valence-corrected chi connectivity index (χ4v) is 5.07. The van der Waals surface area contributed by atoms with Crippen LogP contribution in [0.25, 0.3) is 0 Å². The maximum atomic E-state index is 12.9. The fraction of sp³-hybridized carbons (Fsp3) is 0.391. The summed E-state index contributed by atoms with van der Waals surface area (Å²) in [5.41, 5.74) is 2.54. The number of carbonyl (C=O) groups excluding carboxylic acids is 2. The quantitative estimate of drug-likeness (QED) is 0.843. The lowest BCUT2D eigenvalue weighted by molar-refractivity contribution is -0.137. The predicted octanol–water partition coefficient (Wildman–Crippen LogP) is 2.54. The highest BCUT2D eigenvalue weighted by atomic mass is 32.2. The zero-order chi connectivity index (χ0) is 20.1. The molecule has 2 heterocycles. The molecule has 0 saturated carbocycles. The van der Waals surface area contributed by atoms with Gasteiger partial charge in [0.15, 0.2) is 0 Å². The molecule has 0 radical (unpaired) electrons. The highest BCUT2D eigenvalue weighted by molar-refractivity contribution is 7.99. The van der Waals surface area contributed by atoms with Crippen LogP contribution in [-0.4, -0.2) is 65.3 Å². The van der Waals surface area contributed by atoms with Crippen molar-refractivity contribution >= 4 is 23.6 Å². The lowest BCUT2D eigenvalue weighted by Crippen LogP contribution is -2.55. The van der Waals surface area contributed by atoms with E-state index in [4.69, 9.17) is 0 Å². The van der Waals surface area contributed by atoms with Crippen LogP contribution in [0.5, 0.6) is 0 Å². The Kier molecular flexibility index (Phi) is 6.52. The lowest BCUT2D eigenvalue weighted by atomic mass is 9.96. The molecule has 6 heteroatoms. The first-order valence-electron chi connectivity index (χ1n) is 10.2. The van der Waals surface area contributed by atoms with Crippen molar-refractivity contribution in [3.05, 3.63) is 71.8 Å². The molecule has 1 N–H and O–H groups in total. The molecular weight excluding hydrogens is 382 g/mol. The van der Waals surface area contributed by atoms with Crippen LogP contribution in [0.1, 0.15) is 23.6 Å². The normalized spacial score (nSPS) is 20.9. The molecule has 2 saturated heterocycles. The van der Waals surface area contributed by atoms with Crippen LogP contribution in [0.15, 0.2) is 60.7 Å². The van der Waals surface area contributed by atoms with Crippen molar-refractivity contribution in [3.63, 3.8) is 0 Å². The van der Waals surface area contributed by atoms with Gasteiger partial charge < -0.3 is 10.2 Å². The van der Waals surface area contributed by atoms with E-state index >= 15 is 0 Å². The SMILES string of the molecule is O=C1CCSC[C@@H](C(=O)N2CCN(C(c3ccccc3)c3ccccc3)CC2)N1. The van der Waals surface area contributed by atoms with Gasteiger partial charge in [-0.25, -0.2) is 0 Å². The van der Waals surface area contributed by atoms with Gasteiger partial charge in [0.25, 0.3) is 0 Å². The second kappa shape index (κ2) is 9.46. The highest BCUT2D eigenvalue weighted by Crippen LogP contribution is 2.29. The number of rotatable bonds is 4. The molecule has 0 unspecified atom stereocenters. The molecule has 0 bridgehead atoms. The monoisotopic (exact) mass is 409 g/mol. The summed E-state index contributed by atoms with van der Waals surface area (Å²) in [5, 5.41) is 2.90. The van der Waals surface area contributed by atoms with E-state index in [-0.39, 0.29) is 23.9 Å². The van der Waals surface area contributed by atoms with Crippen LogP contribution in [0.2, 0.25) is 0 Å². The van der Waals surface area contributed by atoms with Crippen LogP contribution in [-0.2, 0) is 9.59 Å². The third-order valence-electron chi connectivity index (χ3n) is 5.61. The third-order valence-corrected chi connectivity index (χ3v) is 6.67. The van der Waals surface area contributed by atoms with Crippen LogP contribution in [0, 0.1) is 0 Å². The standard InChI is InChI=1S/C23H27N3O2S/c27-21-11-16-29-17-20(24-21)23(28)26-14-12-25(13-15-26)22(18-7-3-1-4-8-18)19-9-5-2-6-10-19/h1-10,20,22H,11-17H2,(H,24,27)/t20-/m0/s1. The van der Waals surface area contributed by atoms with E-state index in [1.165, 1.54) is 11.1 Å². The Hall–Kier alpha value is -2.31. The zero-order valence-electron chi connectivity index (χ0n) is 16.5. The van der Waals surface area contributed by atoms with Gasteiger partial charge in [-0.15, -0.1) is 0 Å². The van der Waals surface area contributed by atoms with Gasteiger partial charge in [0.2, 0.25) is 11.8 Å². The zero-order valence-corrected chi connectivity index (χ0v) is 17.3. The Morgan fingerprint density at radius 2 is 1.52 bits per heavy atom. The van der Waals surface area contributed by atoms with E-state index in [0.29, 0.717) is 25.3 Å². The van der Waals surface area contributed by atoms with Gasteiger partial charge in [-0.05, 0) is 11.1 Å². The van der Waals surface area contributed by atoms with Crippen molar-refractivity contribution in [1.29, 1.82) is 0 Å². The van der Waals surface area contributed by atoms with Crippen molar-refractivity contribution in [2.24, 2.45) is 0 Å². The van der Waals surface area contributed by atoms with Gasteiger partial charge in [-0.1, -0.05) is 60.7 Å². The summed E-state index contributed by atoms with van der Waals surface area (Å²) in [6, 6.07) is 20.9. The molecule has 2 aliphatic heterocycles. The van der Waals surface area contributed by atoms with Crippen LogP contribution < -0.4 is 5.32 Å². The summed E-state index contributed by atoms with van der Waals surface area (Å²) in [5.74, 6) is 1.50. The molecule has 2 amide bonds. The van der Waals surface area contributed by atoms with Gasteiger partial charge in [-0.2, -0.15) is 11.8 Å². The smallest absolute Gasteiger partial charge is 0.246 e. The van der Waals surface area contributed by atoms with E-state index in [9.17, 15) is 9.59 Å². The average Bonchev–Trinajstić information content (AvgIpc) is 3.00. The molecule has 0 aromatic heterocycles. The van der Waals surface area contributed by atoms with Crippen LogP contribution in [0.3, 0.4) is 0 Å². The molecule has 5 nitrogen and oxygen atoms in total. The molecule has 2 aromatic rings. The molecule has 1 atom stereocenters. The van der Waals surface area contributed by atoms with Crippen molar-refractivity contribution in [3.8, 4) is 0 Å². The van der Waals surface area contributed by atoms with Gasteiger partial charge >= 0.3 is 0 Å². The first-order valence-corrected chi connectivity index (χ1v) is 11.4. The Morgan fingerprint density at radius 1 is 0.931 bits per heavy atom. The molecule has 4 rings (SSSR count). The van der Waals surface area contributed by atoms with Crippen molar-refractivity contribution < 1.29 is 9.59 Å². The number of amides is 2. The van der Waals surface area contributed by atoms with E-state index in [1.807, 2.05) is 17.0 Å². The number of carbonyl (C=O) groups is 2. The van der Waals surface area contributed by atoms with Gasteiger partial charge in [0.1, 0.15) is 6.04 Å². The molecule has 29 heavy (non-hydrogen) atoms. The second-order valence-electron chi connectivity index (χ2n) is 7.53. The number of nitrogens with zero attached hydrogens (tertiary/aromatic N) is 2.